The van der Waals surface area contributed by atoms with E-state index in [1.54, 1.807) is 6.33 Å². The molecule has 0 radical (unpaired) electrons. The molecule has 0 aromatic carbocycles. The molecule has 1 aromatic rings. The lowest BCUT2D eigenvalue weighted by Gasteiger charge is -2.09. The van der Waals surface area contributed by atoms with Crippen molar-refractivity contribution >= 4 is 29.2 Å². The lowest BCUT2D eigenvalue weighted by molar-refractivity contribution is 0.647. The van der Waals surface area contributed by atoms with E-state index in [1.807, 2.05) is 18.7 Å². The molecule has 1 heterocycles. The Labute approximate surface area is 125 Å². The van der Waals surface area contributed by atoms with Crippen molar-refractivity contribution < 1.29 is 0 Å². The first-order valence-corrected chi connectivity index (χ1v) is 8.79. The molecule has 0 spiro atoms. The molecule has 0 aliphatic heterocycles. The Kier molecular flexibility index (Phi) is 9.01. The summed E-state index contributed by atoms with van der Waals surface area (Å²) in [6.45, 7) is 2.98. The molecule has 1 aromatic heterocycles. The van der Waals surface area contributed by atoms with Crippen LogP contribution in [0.25, 0.3) is 0 Å². The van der Waals surface area contributed by atoms with Gasteiger partial charge in [-0.2, -0.15) is 11.8 Å². The lowest BCUT2D eigenvalue weighted by atomic mass is 10.1. The zero-order chi connectivity index (χ0) is 13.9. The quantitative estimate of drug-likeness (QED) is 0.649. The average molecular weight is 302 g/mol. The third kappa shape index (κ3) is 6.48. The maximum Gasteiger partial charge on any atom is 0.148 e. The van der Waals surface area contributed by atoms with Crippen LogP contribution >= 0.6 is 23.4 Å². The fourth-order valence-corrected chi connectivity index (χ4v) is 2.68. The van der Waals surface area contributed by atoms with E-state index >= 15 is 0 Å². The van der Waals surface area contributed by atoms with Crippen molar-refractivity contribution in [3.05, 3.63) is 17.0 Å². The largest absolute Gasteiger partial charge is 0.369 e. The van der Waals surface area contributed by atoms with Crippen LogP contribution in [0.5, 0.6) is 0 Å². The van der Waals surface area contributed by atoms with Crippen molar-refractivity contribution in [1.29, 1.82) is 0 Å². The topological polar surface area (TPSA) is 37.8 Å². The second-order valence-corrected chi connectivity index (χ2v) is 5.89. The second-order valence-electron chi connectivity index (χ2n) is 4.52. The Hall–Kier alpha value is -0.480. The molecule has 108 valence electrons. The van der Waals surface area contributed by atoms with E-state index in [0.717, 1.165) is 24.5 Å². The molecule has 0 unspecified atom stereocenters. The van der Waals surface area contributed by atoms with Gasteiger partial charge >= 0.3 is 0 Å². The summed E-state index contributed by atoms with van der Waals surface area (Å²) < 4.78 is 0. The Morgan fingerprint density at radius 3 is 2.63 bits per heavy atom. The van der Waals surface area contributed by atoms with E-state index in [0.29, 0.717) is 5.02 Å². The molecule has 1 rings (SSSR count). The zero-order valence-electron chi connectivity index (χ0n) is 11.9. The highest BCUT2D eigenvalue weighted by atomic mass is 35.5. The monoisotopic (exact) mass is 301 g/mol. The highest BCUT2D eigenvalue weighted by molar-refractivity contribution is 7.98. The molecule has 5 heteroatoms. The number of anilines is 1. The van der Waals surface area contributed by atoms with Crippen LogP contribution in [-0.2, 0) is 6.42 Å². The summed E-state index contributed by atoms with van der Waals surface area (Å²) in [5, 5.41) is 3.97. The number of halogens is 1. The highest BCUT2D eigenvalue weighted by Gasteiger charge is 2.06. The molecule has 0 saturated carbocycles. The number of unbranched alkanes of at least 4 members (excludes halogenated alkanes) is 4. The third-order valence-corrected chi connectivity index (χ3v) is 4.11. The minimum Gasteiger partial charge on any atom is -0.369 e. The fraction of sp³-hybridized carbons (Fsp3) is 0.714. The molecule has 0 aliphatic rings. The van der Waals surface area contributed by atoms with Gasteiger partial charge in [0, 0.05) is 6.54 Å². The van der Waals surface area contributed by atoms with Gasteiger partial charge in [0.05, 0.1) is 5.69 Å². The minimum absolute atomic E-state index is 0.671. The second kappa shape index (κ2) is 10.3. The summed E-state index contributed by atoms with van der Waals surface area (Å²) >= 11 is 8.15. The van der Waals surface area contributed by atoms with Gasteiger partial charge in [-0.15, -0.1) is 0 Å². The first-order valence-electron chi connectivity index (χ1n) is 7.01. The van der Waals surface area contributed by atoms with E-state index in [9.17, 15) is 0 Å². The van der Waals surface area contributed by atoms with Gasteiger partial charge in [0.15, 0.2) is 0 Å². The predicted octanol–water partition coefficient (Wildman–Crippen LogP) is 4.42. The maximum atomic E-state index is 6.22. The van der Waals surface area contributed by atoms with Crippen LogP contribution in [0.2, 0.25) is 5.02 Å². The van der Waals surface area contributed by atoms with Gasteiger partial charge in [-0.1, -0.05) is 37.8 Å². The average Bonchev–Trinajstić information content (AvgIpc) is 2.43. The molecule has 3 nitrogen and oxygen atoms in total. The Morgan fingerprint density at radius 2 is 1.89 bits per heavy atom. The number of rotatable bonds is 10. The van der Waals surface area contributed by atoms with Crippen LogP contribution in [0.3, 0.4) is 0 Å². The highest BCUT2D eigenvalue weighted by Crippen LogP contribution is 2.21. The molecule has 0 aliphatic carbocycles. The van der Waals surface area contributed by atoms with Gasteiger partial charge in [0.25, 0.3) is 0 Å². The maximum absolute atomic E-state index is 6.22. The van der Waals surface area contributed by atoms with E-state index in [4.69, 9.17) is 11.6 Å². The normalized spacial score (nSPS) is 10.7. The van der Waals surface area contributed by atoms with Crippen molar-refractivity contribution in [1.82, 2.24) is 9.97 Å². The summed E-state index contributed by atoms with van der Waals surface area (Å²) in [6, 6.07) is 0. The first-order chi connectivity index (χ1) is 9.29. The molecule has 0 fully saturated rings. The van der Waals surface area contributed by atoms with Crippen molar-refractivity contribution in [3.63, 3.8) is 0 Å². The molecule has 0 saturated heterocycles. The Balaban J connectivity index is 2.16. The number of nitrogens with one attached hydrogen (secondary N) is 1. The number of hydrogen-bond donors (Lipinski definition) is 1. The van der Waals surface area contributed by atoms with Gasteiger partial charge < -0.3 is 5.32 Å². The number of aromatic nitrogens is 2. The van der Waals surface area contributed by atoms with Crippen molar-refractivity contribution in [3.8, 4) is 0 Å². The van der Waals surface area contributed by atoms with Crippen LogP contribution in [0.15, 0.2) is 6.33 Å². The summed E-state index contributed by atoms with van der Waals surface area (Å²) in [6.07, 6.45) is 11.0. The fourth-order valence-electron chi connectivity index (χ4n) is 1.88. The summed E-state index contributed by atoms with van der Waals surface area (Å²) in [4.78, 5) is 8.35. The first kappa shape index (κ1) is 16.6. The standard InChI is InChI=1S/C14H24ClN3S/c1-3-12-13(15)14(18-11-17-12)16-9-7-5-4-6-8-10-19-2/h11H,3-10H2,1-2H3,(H,16,17,18). The number of aryl methyl sites for hydroxylation is 1. The molecular formula is C14H24ClN3S. The van der Waals surface area contributed by atoms with Crippen molar-refractivity contribution in [2.75, 3.05) is 23.9 Å². The van der Waals surface area contributed by atoms with Crippen LogP contribution in [-0.4, -0.2) is 28.5 Å². The van der Waals surface area contributed by atoms with Crippen LogP contribution in [0.1, 0.15) is 44.7 Å². The molecule has 1 N–H and O–H groups in total. The zero-order valence-corrected chi connectivity index (χ0v) is 13.5. The molecular weight excluding hydrogens is 278 g/mol. The van der Waals surface area contributed by atoms with Gasteiger partial charge in [-0.3, -0.25) is 0 Å². The van der Waals surface area contributed by atoms with Crippen LogP contribution in [0.4, 0.5) is 5.82 Å². The van der Waals surface area contributed by atoms with E-state index in [1.165, 1.54) is 37.9 Å². The van der Waals surface area contributed by atoms with Crippen molar-refractivity contribution in [2.24, 2.45) is 0 Å². The van der Waals surface area contributed by atoms with Gasteiger partial charge in [-0.05, 0) is 31.3 Å². The number of nitrogens with zero attached hydrogens (tertiary/aromatic N) is 2. The Morgan fingerprint density at radius 1 is 1.16 bits per heavy atom. The van der Waals surface area contributed by atoms with Gasteiger partial charge in [-0.25, -0.2) is 9.97 Å². The van der Waals surface area contributed by atoms with E-state index in [2.05, 4.69) is 21.5 Å². The van der Waals surface area contributed by atoms with Crippen LogP contribution in [0, 0.1) is 0 Å². The smallest absolute Gasteiger partial charge is 0.148 e. The minimum atomic E-state index is 0.671. The summed E-state index contributed by atoms with van der Waals surface area (Å²) in [5.74, 6) is 2.06. The molecule has 0 atom stereocenters. The van der Waals surface area contributed by atoms with E-state index in [-0.39, 0.29) is 0 Å². The molecule has 19 heavy (non-hydrogen) atoms. The van der Waals surface area contributed by atoms with E-state index < -0.39 is 0 Å². The van der Waals surface area contributed by atoms with Gasteiger partial charge in [0.2, 0.25) is 0 Å². The molecule has 0 bridgehead atoms. The van der Waals surface area contributed by atoms with Crippen LogP contribution < -0.4 is 5.32 Å². The third-order valence-electron chi connectivity index (χ3n) is 3.01. The lowest BCUT2D eigenvalue weighted by Crippen LogP contribution is -2.05. The molecule has 0 amide bonds. The summed E-state index contributed by atoms with van der Waals surface area (Å²) in [5.41, 5.74) is 0.913. The van der Waals surface area contributed by atoms with Crippen molar-refractivity contribution in [2.45, 2.75) is 45.4 Å². The number of hydrogen-bond acceptors (Lipinski definition) is 4. The SMILES string of the molecule is CCc1ncnc(NCCCCCCCSC)c1Cl. The predicted molar refractivity (Wildman–Crippen MR) is 86.4 cm³/mol. The number of thioether (sulfide) groups is 1. The van der Waals surface area contributed by atoms with Gasteiger partial charge in [0.1, 0.15) is 17.2 Å². The Bertz CT molecular complexity index is 361. The summed E-state index contributed by atoms with van der Waals surface area (Å²) in [7, 11) is 0.